The van der Waals surface area contributed by atoms with Gasteiger partial charge in [-0.05, 0) is 37.1 Å². The van der Waals surface area contributed by atoms with Gasteiger partial charge in [0.05, 0.1) is 0 Å². The minimum Gasteiger partial charge on any atom is -0.279 e. The lowest BCUT2D eigenvalue weighted by Crippen LogP contribution is -2.70. The molecule has 0 aliphatic carbocycles. The lowest BCUT2D eigenvalue weighted by atomic mass is 10.1. The van der Waals surface area contributed by atoms with Gasteiger partial charge in [0, 0.05) is 23.6 Å². The molecule has 1 aromatic carbocycles. The van der Waals surface area contributed by atoms with Crippen LogP contribution in [-0.4, -0.2) is 10.8 Å². The summed E-state index contributed by atoms with van der Waals surface area (Å²) in [5.41, 5.74) is 5.59. The smallest absolute Gasteiger partial charge is 0.198 e. The Kier molecular flexibility index (Phi) is 4.10. The van der Waals surface area contributed by atoms with E-state index >= 15 is 0 Å². The van der Waals surface area contributed by atoms with Gasteiger partial charge in [-0.1, -0.05) is 17.2 Å². The summed E-state index contributed by atoms with van der Waals surface area (Å²) in [7, 11) is 0. The Morgan fingerprint density at radius 3 is 2.68 bits per heavy atom. The van der Waals surface area contributed by atoms with E-state index in [-0.39, 0.29) is 5.84 Å². The van der Waals surface area contributed by atoms with Gasteiger partial charge >= 0.3 is 0 Å². The monoisotopic (exact) mass is 254 g/mol. The third kappa shape index (κ3) is 3.53. The lowest BCUT2D eigenvalue weighted by molar-refractivity contribution is -0.585. The normalized spacial score (nSPS) is 10.8. The molecule has 5 heteroatoms. The average molecular weight is 254 g/mol. The minimum atomic E-state index is 0.0562. The summed E-state index contributed by atoms with van der Waals surface area (Å²) in [6.07, 6.45) is 1.63. The van der Waals surface area contributed by atoms with Gasteiger partial charge in [0.1, 0.15) is 5.69 Å². The average Bonchev–Trinajstić information content (AvgIpc) is 2.43. The molecule has 0 saturated carbocycles. The van der Waals surface area contributed by atoms with E-state index in [0.717, 1.165) is 5.69 Å². The number of aryl methyl sites for hydroxylation is 2. The molecule has 19 heavy (non-hydrogen) atoms. The summed E-state index contributed by atoms with van der Waals surface area (Å²) in [4.78, 5) is 4.04. The molecule has 1 heterocycles. The van der Waals surface area contributed by atoms with Crippen molar-refractivity contribution in [1.82, 2.24) is 4.98 Å². The summed E-state index contributed by atoms with van der Waals surface area (Å²) in [5.74, 6) is 0.0562. The van der Waals surface area contributed by atoms with Crippen LogP contribution in [0.5, 0.6) is 0 Å². The Morgan fingerprint density at radius 1 is 1.16 bits per heavy atom. The molecule has 5 nitrogen and oxygen atoms in total. The second-order valence-corrected chi connectivity index (χ2v) is 4.25. The van der Waals surface area contributed by atoms with Gasteiger partial charge in [0.2, 0.25) is 0 Å². The third-order valence-corrected chi connectivity index (χ3v) is 2.80. The molecule has 0 unspecified atom stereocenters. The molecular weight excluding hydrogens is 238 g/mol. The van der Waals surface area contributed by atoms with Crippen LogP contribution < -0.4 is 5.43 Å². The van der Waals surface area contributed by atoms with Crippen LogP contribution in [0.2, 0.25) is 0 Å². The van der Waals surface area contributed by atoms with Crippen molar-refractivity contribution in [2.24, 2.45) is 10.3 Å². The topological polar surface area (TPSA) is 78.1 Å². The largest absolute Gasteiger partial charge is 0.279 e. The van der Waals surface area contributed by atoms with Crippen LogP contribution >= 0.6 is 0 Å². The van der Waals surface area contributed by atoms with Crippen molar-refractivity contribution in [3.05, 3.63) is 59.4 Å². The van der Waals surface area contributed by atoms with Crippen molar-refractivity contribution >= 4 is 11.5 Å². The molecular formula is C14H16N5+. The molecule has 0 saturated heterocycles. The highest BCUT2D eigenvalue weighted by atomic mass is 15.4. The number of aromatic nitrogens is 1. The molecule has 3 N–H and O–H groups in total. The first-order valence-corrected chi connectivity index (χ1v) is 5.98. The number of rotatable bonds is 3. The van der Waals surface area contributed by atoms with E-state index in [4.69, 9.17) is 5.41 Å². The van der Waals surface area contributed by atoms with Crippen LogP contribution in [0.1, 0.15) is 16.8 Å². The van der Waals surface area contributed by atoms with Crippen LogP contribution in [0.15, 0.2) is 52.9 Å². The quantitative estimate of drug-likeness (QED) is 0.216. The Morgan fingerprint density at radius 2 is 2.00 bits per heavy atom. The summed E-state index contributed by atoms with van der Waals surface area (Å²) in [6.45, 7) is 4.12. The van der Waals surface area contributed by atoms with Crippen LogP contribution in [0, 0.1) is 19.3 Å². The van der Waals surface area contributed by atoms with Gasteiger partial charge in [-0.25, -0.2) is 0 Å². The third-order valence-electron chi connectivity index (χ3n) is 2.80. The maximum atomic E-state index is 7.73. The zero-order valence-corrected chi connectivity index (χ0v) is 11.0. The van der Waals surface area contributed by atoms with Crippen LogP contribution in [0.3, 0.4) is 0 Å². The SMILES string of the molecule is Cc1ccc([NH2+]N=NC(=N)c2ccccn2)cc1C. The van der Waals surface area contributed by atoms with Crippen LogP contribution in [0.4, 0.5) is 5.69 Å². The summed E-state index contributed by atoms with van der Waals surface area (Å²) in [6, 6.07) is 11.4. The number of nitrogens with two attached hydrogens (primary N) is 1. The van der Waals surface area contributed by atoms with E-state index in [1.807, 2.05) is 24.3 Å². The first-order chi connectivity index (χ1) is 9.16. The molecule has 0 fully saturated rings. The van der Waals surface area contributed by atoms with Gasteiger partial charge in [-0.2, -0.15) is 5.43 Å². The summed E-state index contributed by atoms with van der Waals surface area (Å²) in [5, 5.41) is 15.5. The number of amidine groups is 1. The van der Waals surface area contributed by atoms with Crippen molar-refractivity contribution < 1.29 is 5.43 Å². The molecule has 0 amide bonds. The lowest BCUT2D eigenvalue weighted by Gasteiger charge is -1.99. The fourth-order valence-electron chi connectivity index (χ4n) is 1.55. The van der Waals surface area contributed by atoms with Gasteiger partial charge < -0.3 is 0 Å². The Labute approximate surface area is 111 Å². The number of nitrogens with zero attached hydrogens (tertiary/aromatic N) is 3. The second-order valence-electron chi connectivity index (χ2n) is 4.25. The molecule has 1 aromatic heterocycles. The van der Waals surface area contributed by atoms with E-state index in [9.17, 15) is 0 Å². The Balaban J connectivity index is 2.00. The fraction of sp³-hybridized carbons (Fsp3) is 0.143. The molecule has 0 aliphatic heterocycles. The molecule has 0 spiro atoms. The van der Waals surface area contributed by atoms with E-state index in [2.05, 4.69) is 29.2 Å². The fourth-order valence-corrected chi connectivity index (χ4v) is 1.55. The van der Waals surface area contributed by atoms with Gasteiger partial charge in [-0.15, -0.1) is 0 Å². The van der Waals surface area contributed by atoms with E-state index < -0.39 is 0 Å². The minimum absolute atomic E-state index is 0.0562. The van der Waals surface area contributed by atoms with Crippen LogP contribution in [-0.2, 0) is 0 Å². The number of hydrogen-bond donors (Lipinski definition) is 2. The van der Waals surface area contributed by atoms with E-state index in [1.54, 1.807) is 23.8 Å². The maximum Gasteiger partial charge on any atom is 0.198 e. The molecule has 0 bridgehead atoms. The van der Waals surface area contributed by atoms with Crippen molar-refractivity contribution in [3.63, 3.8) is 0 Å². The molecule has 2 aromatic rings. The highest BCUT2D eigenvalue weighted by Crippen LogP contribution is 2.09. The van der Waals surface area contributed by atoms with Crippen molar-refractivity contribution in [2.75, 3.05) is 0 Å². The second kappa shape index (κ2) is 5.97. The van der Waals surface area contributed by atoms with E-state index in [0.29, 0.717) is 5.69 Å². The summed E-state index contributed by atoms with van der Waals surface area (Å²) >= 11 is 0. The van der Waals surface area contributed by atoms with Gasteiger partial charge in [-0.3, -0.25) is 10.4 Å². The first kappa shape index (κ1) is 13.0. The predicted molar refractivity (Wildman–Crippen MR) is 73.4 cm³/mol. The highest BCUT2D eigenvalue weighted by Gasteiger charge is 2.02. The molecule has 96 valence electrons. The number of hydrogen-bond acceptors (Lipinski definition) is 3. The van der Waals surface area contributed by atoms with E-state index in [1.165, 1.54) is 11.1 Å². The zero-order valence-electron chi connectivity index (χ0n) is 11.0. The predicted octanol–water partition coefficient (Wildman–Crippen LogP) is 2.29. The number of pyridine rings is 1. The number of benzene rings is 1. The number of nitrogens with one attached hydrogen (secondary N) is 1. The van der Waals surface area contributed by atoms with Crippen molar-refractivity contribution in [3.8, 4) is 0 Å². The van der Waals surface area contributed by atoms with Crippen LogP contribution in [0.25, 0.3) is 0 Å². The Hall–Kier alpha value is -2.40. The van der Waals surface area contributed by atoms with Gasteiger partial charge in [0.15, 0.2) is 11.5 Å². The molecule has 0 radical (unpaired) electrons. The van der Waals surface area contributed by atoms with Crippen molar-refractivity contribution in [1.29, 1.82) is 5.41 Å². The maximum absolute atomic E-state index is 7.73. The number of quaternary nitrogens is 1. The highest BCUT2D eigenvalue weighted by molar-refractivity contribution is 5.94. The van der Waals surface area contributed by atoms with Crippen molar-refractivity contribution in [2.45, 2.75) is 13.8 Å². The summed E-state index contributed by atoms with van der Waals surface area (Å²) < 4.78 is 0. The zero-order chi connectivity index (χ0) is 13.7. The molecule has 0 atom stereocenters. The standard InChI is InChI=1S/C14H15N5/c1-10-6-7-12(9-11(10)2)17-19-18-14(15)13-5-3-4-8-16-13/h3-9H,1-2H3,(H2,15,17,18)/p+1. The molecule has 0 aliphatic rings. The first-order valence-electron chi connectivity index (χ1n) is 5.98. The molecule has 2 rings (SSSR count). The van der Waals surface area contributed by atoms with Gasteiger partial charge in [0.25, 0.3) is 0 Å². The Bertz CT molecular complexity index is 604.